The van der Waals surface area contributed by atoms with Gasteiger partial charge in [0.25, 0.3) is 5.91 Å². The monoisotopic (exact) mass is 505 g/mol. The lowest BCUT2D eigenvalue weighted by molar-refractivity contribution is 0.0984. The molecule has 2 aromatic carbocycles. The molecule has 4 rings (SSSR count). The second kappa shape index (κ2) is 11.4. The van der Waals surface area contributed by atoms with Crippen molar-refractivity contribution in [2.45, 2.75) is 41.2 Å². The van der Waals surface area contributed by atoms with Crippen molar-refractivity contribution in [2.75, 3.05) is 24.7 Å². The summed E-state index contributed by atoms with van der Waals surface area (Å²) in [6.07, 6.45) is 3.48. The first-order valence-corrected chi connectivity index (χ1v) is 12.9. The molecule has 0 saturated carbocycles. The molecule has 0 radical (unpaired) electrons. The fourth-order valence-electron chi connectivity index (χ4n) is 4.05. The molecule has 0 fully saturated rings. The van der Waals surface area contributed by atoms with Crippen molar-refractivity contribution in [2.24, 2.45) is 0 Å². The number of hydrogen-bond acceptors (Lipinski definition) is 7. The lowest BCUT2D eigenvalue weighted by Crippen LogP contribution is -2.30. The van der Waals surface area contributed by atoms with E-state index in [0.717, 1.165) is 26.9 Å². The highest BCUT2D eigenvalue weighted by molar-refractivity contribution is 7.22. The molecule has 0 aliphatic carbocycles. The standard InChI is InChI=1S/C28H31N3O4S/c1-6-33-23-14-21(15-24(34-7-2)25(23)35-8-3)27(32)31(17-20-10-9-11-29-16-20)28-30-22-13-18(4)12-19(5)26(22)36-28/h9-16H,6-8,17H2,1-5H3. The molecule has 36 heavy (non-hydrogen) atoms. The third-order valence-electron chi connectivity index (χ3n) is 5.50. The van der Waals surface area contributed by atoms with E-state index >= 15 is 0 Å². The molecule has 8 heteroatoms. The van der Waals surface area contributed by atoms with Crippen LogP contribution in [0.5, 0.6) is 17.2 Å². The van der Waals surface area contributed by atoms with E-state index in [4.69, 9.17) is 19.2 Å². The molecule has 1 amide bonds. The van der Waals surface area contributed by atoms with Crippen LogP contribution in [-0.4, -0.2) is 35.7 Å². The van der Waals surface area contributed by atoms with Crippen LogP contribution in [0.2, 0.25) is 0 Å². The fourth-order valence-corrected chi connectivity index (χ4v) is 5.06. The van der Waals surface area contributed by atoms with Crippen molar-refractivity contribution >= 4 is 32.6 Å². The van der Waals surface area contributed by atoms with Crippen LogP contribution >= 0.6 is 11.3 Å². The van der Waals surface area contributed by atoms with Gasteiger partial charge in [-0.25, -0.2) is 4.98 Å². The predicted molar refractivity (Wildman–Crippen MR) is 144 cm³/mol. The number of aromatic nitrogens is 2. The zero-order valence-electron chi connectivity index (χ0n) is 21.3. The quantitative estimate of drug-likeness (QED) is 0.250. The van der Waals surface area contributed by atoms with E-state index in [1.54, 1.807) is 29.4 Å². The number of nitrogens with zero attached hydrogens (tertiary/aromatic N) is 3. The lowest BCUT2D eigenvalue weighted by Gasteiger charge is -2.22. The van der Waals surface area contributed by atoms with Gasteiger partial charge in [-0.2, -0.15) is 0 Å². The van der Waals surface area contributed by atoms with Gasteiger partial charge in [0.05, 0.1) is 36.6 Å². The minimum Gasteiger partial charge on any atom is -0.490 e. The normalized spacial score (nSPS) is 10.9. The van der Waals surface area contributed by atoms with Gasteiger partial charge in [-0.1, -0.05) is 23.5 Å². The number of rotatable bonds is 10. The van der Waals surface area contributed by atoms with E-state index in [2.05, 4.69) is 24.9 Å². The molecule has 2 heterocycles. The van der Waals surface area contributed by atoms with Crippen LogP contribution in [0.25, 0.3) is 10.2 Å². The fraction of sp³-hybridized carbons (Fsp3) is 0.321. The summed E-state index contributed by atoms with van der Waals surface area (Å²) >= 11 is 1.51. The van der Waals surface area contributed by atoms with Crippen molar-refractivity contribution < 1.29 is 19.0 Å². The minimum absolute atomic E-state index is 0.211. The number of aryl methyl sites for hydroxylation is 2. The molecule has 2 aromatic heterocycles. The summed E-state index contributed by atoms with van der Waals surface area (Å²) in [4.78, 5) is 24.9. The topological polar surface area (TPSA) is 73.8 Å². The summed E-state index contributed by atoms with van der Waals surface area (Å²) in [5, 5.41) is 0.623. The molecule has 7 nitrogen and oxygen atoms in total. The van der Waals surface area contributed by atoms with Crippen LogP contribution in [0, 0.1) is 13.8 Å². The molecule has 0 bridgehead atoms. The Kier molecular flexibility index (Phi) is 8.05. The van der Waals surface area contributed by atoms with Crippen molar-refractivity contribution in [1.82, 2.24) is 9.97 Å². The number of thiazole rings is 1. The number of ether oxygens (including phenoxy) is 3. The van der Waals surface area contributed by atoms with E-state index < -0.39 is 0 Å². The first-order valence-electron chi connectivity index (χ1n) is 12.1. The first-order chi connectivity index (χ1) is 17.4. The Hall–Kier alpha value is -3.65. The number of fused-ring (bicyclic) bond motifs is 1. The smallest absolute Gasteiger partial charge is 0.260 e. The molecule has 188 valence electrons. The average molecular weight is 506 g/mol. The molecule has 0 spiro atoms. The Bertz CT molecular complexity index is 1330. The van der Waals surface area contributed by atoms with Crippen LogP contribution < -0.4 is 19.1 Å². The van der Waals surface area contributed by atoms with Gasteiger partial charge >= 0.3 is 0 Å². The zero-order valence-corrected chi connectivity index (χ0v) is 22.1. The van der Waals surface area contributed by atoms with E-state index in [1.807, 2.05) is 39.0 Å². The van der Waals surface area contributed by atoms with Crippen molar-refractivity contribution in [3.05, 3.63) is 71.0 Å². The molecule has 0 unspecified atom stereocenters. The van der Waals surface area contributed by atoms with Gasteiger partial charge in [0.2, 0.25) is 5.75 Å². The molecular weight excluding hydrogens is 474 g/mol. The number of carbonyl (C=O) groups is 1. The Morgan fingerprint density at radius 2 is 1.67 bits per heavy atom. The van der Waals surface area contributed by atoms with Crippen molar-refractivity contribution in [3.63, 3.8) is 0 Å². The van der Waals surface area contributed by atoms with Gasteiger partial charge < -0.3 is 14.2 Å². The Morgan fingerprint density at radius 1 is 0.972 bits per heavy atom. The maximum Gasteiger partial charge on any atom is 0.260 e. The lowest BCUT2D eigenvalue weighted by atomic mass is 10.1. The third kappa shape index (κ3) is 5.44. The van der Waals surface area contributed by atoms with Gasteiger partial charge in [-0.3, -0.25) is 14.7 Å². The molecule has 4 aromatic rings. The van der Waals surface area contributed by atoms with Gasteiger partial charge in [-0.05, 0) is 75.6 Å². The van der Waals surface area contributed by atoms with Gasteiger partial charge in [0, 0.05) is 18.0 Å². The van der Waals surface area contributed by atoms with Gasteiger partial charge in [-0.15, -0.1) is 0 Å². The largest absolute Gasteiger partial charge is 0.490 e. The van der Waals surface area contributed by atoms with Crippen molar-refractivity contribution in [3.8, 4) is 17.2 Å². The third-order valence-corrected chi connectivity index (χ3v) is 6.73. The highest BCUT2D eigenvalue weighted by atomic mass is 32.1. The van der Waals surface area contributed by atoms with Crippen LogP contribution in [0.15, 0.2) is 48.8 Å². The molecule has 0 saturated heterocycles. The summed E-state index contributed by atoms with van der Waals surface area (Å²) in [6, 6.07) is 11.4. The SMILES string of the molecule is CCOc1cc(C(=O)N(Cc2cccnc2)c2nc3cc(C)cc(C)c3s2)cc(OCC)c1OCC. The molecular formula is C28H31N3O4S. The number of hydrogen-bond donors (Lipinski definition) is 0. The molecule has 0 aliphatic rings. The summed E-state index contributed by atoms with van der Waals surface area (Å²) in [5.74, 6) is 1.25. The van der Waals surface area contributed by atoms with Crippen LogP contribution in [-0.2, 0) is 6.54 Å². The Morgan fingerprint density at radius 3 is 2.28 bits per heavy atom. The molecule has 0 aliphatic heterocycles. The highest BCUT2D eigenvalue weighted by Crippen LogP contribution is 2.40. The number of carbonyl (C=O) groups excluding carboxylic acids is 1. The van der Waals surface area contributed by atoms with Crippen molar-refractivity contribution in [1.29, 1.82) is 0 Å². The number of anilines is 1. The first kappa shape index (κ1) is 25.4. The maximum atomic E-state index is 14.1. The van der Waals surface area contributed by atoms with E-state index in [-0.39, 0.29) is 5.91 Å². The number of amides is 1. The predicted octanol–water partition coefficient (Wildman–Crippen LogP) is 6.35. The van der Waals surface area contributed by atoms with E-state index in [1.165, 1.54) is 11.3 Å². The summed E-state index contributed by atoms with van der Waals surface area (Å²) in [5.41, 5.74) is 4.49. The summed E-state index contributed by atoms with van der Waals surface area (Å²) < 4.78 is 18.6. The van der Waals surface area contributed by atoms with E-state index in [9.17, 15) is 4.79 Å². The summed E-state index contributed by atoms with van der Waals surface area (Å²) in [6.45, 7) is 11.4. The molecule has 0 N–H and O–H groups in total. The maximum absolute atomic E-state index is 14.1. The Balaban J connectivity index is 1.83. The van der Waals surface area contributed by atoms with Crippen LogP contribution in [0.4, 0.5) is 5.13 Å². The van der Waals surface area contributed by atoms with Crippen LogP contribution in [0.3, 0.4) is 0 Å². The van der Waals surface area contributed by atoms with Gasteiger partial charge in [0.1, 0.15) is 0 Å². The van der Waals surface area contributed by atoms with Gasteiger partial charge in [0.15, 0.2) is 16.6 Å². The minimum atomic E-state index is -0.211. The van der Waals surface area contributed by atoms with E-state index in [0.29, 0.717) is 54.3 Å². The second-order valence-corrected chi connectivity index (χ2v) is 9.26. The van der Waals surface area contributed by atoms with Crippen LogP contribution in [0.1, 0.15) is 47.8 Å². The molecule has 0 atom stereocenters. The average Bonchev–Trinajstić information content (AvgIpc) is 3.29. The number of pyridine rings is 1. The summed E-state index contributed by atoms with van der Waals surface area (Å²) in [7, 11) is 0. The highest BCUT2D eigenvalue weighted by Gasteiger charge is 2.26. The zero-order chi connectivity index (χ0) is 25.7. The number of benzene rings is 2. The second-order valence-electron chi connectivity index (χ2n) is 8.28. The Labute approximate surface area is 215 Å².